The van der Waals surface area contributed by atoms with E-state index in [0.29, 0.717) is 5.56 Å². The highest BCUT2D eigenvalue weighted by Gasteiger charge is 2.52. The number of rotatable bonds is 1. The van der Waals surface area contributed by atoms with E-state index in [2.05, 4.69) is 4.98 Å². The Hall–Kier alpha value is -1.33. The molecule has 1 saturated heterocycles. The topological polar surface area (TPSA) is 34.2 Å². The molecule has 0 atom stereocenters. The Labute approximate surface area is 118 Å². The third-order valence-corrected chi connectivity index (χ3v) is 4.58. The molecular formula is C15H19BFNO2. The fourth-order valence-electron chi connectivity index (χ4n) is 2.53. The number of H-pyrrole nitrogens is 1. The molecule has 20 heavy (non-hydrogen) atoms. The monoisotopic (exact) mass is 275 g/mol. The van der Waals surface area contributed by atoms with Crippen molar-refractivity contribution in [3.05, 3.63) is 29.7 Å². The predicted molar refractivity (Wildman–Crippen MR) is 78.7 cm³/mol. The van der Waals surface area contributed by atoms with Gasteiger partial charge in [-0.3, -0.25) is 0 Å². The van der Waals surface area contributed by atoms with Crippen LogP contribution >= 0.6 is 0 Å². The molecule has 1 aromatic carbocycles. The Morgan fingerprint density at radius 3 is 2.35 bits per heavy atom. The average molecular weight is 275 g/mol. The van der Waals surface area contributed by atoms with Gasteiger partial charge >= 0.3 is 7.12 Å². The van der Waals surface area contributed by atoms with Crippen LogP contribution in [0.4, 0.5) is 4.39 Å². The smallest absolute Gasteiger partial charge is 0.399 e. The summed E-state index contributed by atoms with van der Waals surface area (Å²) in [6.07, 6.45) is 1.81. The fraction of sp³-hybridized carbons (Fsp3) is 0.467. The van der Waals surface area contributed by atoms with Crippen molar-refractivity contribution in [3.63, 3.8) is 0 Å². The number of aryl methyl sites for hydroxylation is 1. The molecule has 0 saturated carbocycles. The lowest BCUT2D eigenvalue weighted by Gasteiger charge is -2.32. The number of aromatic nitrogens is 1. The highest BCUT2D eigenvalue weighted by molar-refractivity contribution is 6.65. The highest BCUT2D eigenvalue weighted by atomic mass is 19.1. The van der Waals surface area contributed by atoms with Crippen LogP contribution in [0.5, 0.6) is 0 Å². The number of halogens is 1. The van der Waals surface area contributed by atoms with Crippen LogP contribution in [-0.2, 0) is 9.31 Å². The van der Waals surface area contributed by atoms with Crippen molar-refractivity contribution < 1.29 is 13.7 Å². The molecule has 2 heterocycles. The van der Waals surface area contributed by atoms with Crippen molar-refractivity contribution in [1.82, 2.24) is 4.98 Å². The first-order valence-electron chi connectivity index (χ1n) is 6.85. The Morgan fingerprint density at radius 1 is 1.15 bits per heavy atom. The highest BCUT2D eigenvalue weighted by Crippen LogP contribution is 2.37. The quantitative estimate of drug-likeness (QED) is 0.812. The molecule has 106 valence electrons. The van der Waals surface area contributed by atoms with Crippen LogP contribution in [0.3, 0.4) is 0 Å². The van der Waals surface area contributed by atoms with E-state index in [9.17, 15) is 4.39 Å². The first-order valence-corrected chi connectivity index (χ1v) is 6.85. The number of nitrogens with one attached hydrogen (secondary N) is 1. The molecule has 5 heteroatoms. The average Bonchev–Trinajstić information content (AvgIpc) is 2.88. The van der Waals surface area contributed by atoms with Crippen LogP contribution < -0.4 is 5.46 Å². The lowest BCUT2D eigenvalue weighted by Crippen LogP contribution is -2.41. The third kappa shape index (κ3) is 1.80. The van der Waals surface area contributed by atoms with E-state index >= 15 is 0 Å². The summed E-state index contributed by atoms with van der Waals surface area (Å²) in [6, 6.07) is 3.45. The predicted octanol–water partition coefficient (Wildman–Crippen LogP) is 2.91. The van der Waals surface area contributed by atoms with Gasteiger partial charge in [-0.15, -0.1) is 0 Å². The molecule has 0 bridgehead atoms. The van der Waals surface area contributed by atoms with Gasteiger partial charge in [0.15, 0.2) is 0 Å². The van der Waals surface area contributed by atoms with E-state index in [1.165, 1.54) is 6.07 Å². The van der Waals surface area contributed by atoms with Crippen molar-refractivity contribution >= 4 is 23.5 Å². The summed E-state index contributed by atoms with van der Waals surface area (Å²) >= 11 is 0. The SMILES string of the molecule is Cc1c(F)cc(B2OC(C)(C)C(C)(C)O2)c2cc[nH]c12. The van der Waals surface area contributed by atoms with Crippen molar-refractivity contribution in [1.29, 1.82) is 0 Å². The zero-order valence-electron chi connectivity index (χ0n) is 12.5. The Kier molecular flexibility index (Phi) is 2.79. The Morgan fingerprint density at radius 2 is 1.75 bits per heavy atom. The van der Waals surface area contributed by atoms with E-state index in [1.54, 1.807) is 6.92 Å². The molecule has 0 spiro atoms. The minimum absolute atomic E-state index is 0.246. The normalized spacial score (nSPS) is 20.8. The van der Waals surface area contributed by atoms with Crippen LogP contribution in [0, 0.1) is 12.7 Å². The number of hydrogen-bond acceptors (Lipinski definition) is 2. The molecule has 0 unspecified atom stereocenters. The lowest BCUT2D eigenvalue weighted by atomic mass is 9.76. The van der Waals surface area contributed by atoms with Crippen LogP contribution in [0.1, 0.15) is 33.3 Å². The van der Waals surface area contributed by atoms with Gasteiger partial charge in [-0.25, -0.2) is 4.39 Å². The molecule has 1 fully saturated rings. The molecule has 2 aromatic rings. The molecule has 0 amide bonds. The van der Waals surface area contributed by atoms with Gasteiger partial charge in [0.2, 0.25) is 0 Å². The van der Waals surface area contributed by atoms with Crippen molar-refractivity contribution in [3.8, 4) is 0 Å². The third-order valence-electron chi connectivity index (χ3n) is 4.58. The van der Waals surface area contributed by atoms with Crippen LogP contribution in [0.15, 0.2) is 18.3 Å². The number of benzene rings is 1. The second-order valence-electron chi connectivity index (χ2n) is 6.43. The van der Waals surface area contributed by atoms with E-state index < -0.39 is 18.3 Å². The van der Waals surface area contributed by atoms with Gasteiger partial charge < -0.3 is 14.3 Å². The Balaban J connectivity index is 2.13. The largest absolute Gasteiger partial charge is 0.495 e. The van der Waals surface area contributed by atoms with Crippen LogP contribution in [0.25, 0.3) is 10.9 Å². The molecule has 0 radical (unpaired) electrons. The molecule has 1 aromatic heterocycles. The van der Waals surface area contributed by atoms with Crippen molar-refractivity contribution in [2.45, 2.75) is 45.8 Å². The maximum Gasteiger partial charge on any atom is 0.495 e. The molecule has 3 nitrogen and oxygen atoms in total. The first-order chi connectivity index (χ1) is 9.23. The Bertz CT molecular complexity index is 662. The molecule has 0 aliphatic carbocycles. The summed E-state index contributed by atoms with van der Waals surface area (Å²) in [5.41, 5.74) is 1.30. The van der Waals surface area contributed by atoms with Crippen molar-refractivity contribution in [2.24, 2.45) is 0 Å². The molecule has 3 rings (SSSR count). The van der Waals surface area contributed by atoms with Gasteiger partial charge in [0.1, 0.15) is 5.82 Å². The molecule has 1 aliphatic rings. The van der Waals surface area contributed by atoms with Crippen molar-refractivity contribution in [2.75, 3.05) is 0 Å². The molecule has 1 aliphatic heterocycles. The van der Waals surface area contributed by atoms with Gasteiger partial charge in [-0.2, -0.15) is 0 Å². The maximum absolute atomic E-state index is 14.1. The van der Waals surface area contributed by atoms with Crippen LogP contribution in [-0.4, -0.2) is 23.3 Å². The molecule has 1 N–H and O–H groups in total. The standard InChI is InChI=1S/C15H19BFNO2/c1-9-12(17)8-11(10-6-7-18-13(9)10)16-19-14(2,3)15(4,5)20-16/h6-8,18H,1-5H3. The summed E-state index contributed by atoms with van der Waals surface area (Å²) in [7, 11) is -0.548. The van der Waals surface area contributed by atoms with E-state index in [0.717, 1.165) is 16.4 Å². The zero-order valence-corrected chi connectivity index (χ0v) is 12.5. The number of fused-ring (bicyclic) bond motifs is 1. The van der Waals surface area contributed by atoms with Gasteiger partial charge in [0, 0.05) is 11.8 Å². The minimum Gasteiger partial charge on any atom is -0.399 e. The summed E-state index contributed by atoms with van der Waals surface area (Å²) in [4.78, 5) is 3.08. The van der Waals surface area contributed by atoms with Crippen LogP contribution in [0.2, 0.25) is 0 Å². The minimum atomic E-state index is -0.548. The molecular weight excluding hydrogens is 256 g/mol. The summed E-state index contributed by atoms with van der Waals surface area (Å²) in [5, 5.41) is 0.947. The van der Waals surface area contributed by atoms with Gasteiger partial charge in [0.25, 0.3) is 0 Å². The van der Waals surface area contributed by atoms with Gasteiger partial charge in [-0.05, 0) is 57.6 Å². The lowest BCUT2D eigenvalue weighted by molar-refractivity contribution is 0.00578. The van der Waals surface area contributed by atoms with E-state index in [4.69, 9.17) is 9.31 Å². The zero-order chi connectivity index (χ0) is 14.7. The summed E-state index contributed by atoms with van der Waals surface area (Å²) < 4.78 is 26.1. The maximum atomic E-state index is 14.1. The van der Waals surface area contributed by atoms with Gasteiger partial charge in [-0.1, -0.05) is 0 Å². The second kappa shape index (κ2) is 4.09. The fourth-order valence-corrected chi connectivity index (χ4v) is 2.53. The summed E-state index contributed by atoms with van der Waals surface area (Å²) in [6.45, 7) is 9.73. The van der Waals surface area contributed by atoms with E-state index in [1.807, 2.05) is 40.0 Å². The van der Waals surface area contributed by atoms with Gasteiger partial charge in [0.05, 0.1) is 16.7 Å². The van der Waals surface area contributed by atoms with E-state index in [-0.39, 0.29) is 5.82 Å². The summed E-state index contributed by atoms with van der Waals surface area (Å²) in [5.74, 6) is -0.246. The number of hydrogen-bond donors (Lipinski definition) is 1. The number of aromatic amines is 1. The second-order valence-corrected chi connectivity index (χ2v) is 6.43. The first kappa shape index (κ1) is 13.6.